The van der Waals surface area contributed by atoms with Gasteiger partial charge < -0.3 is 21.3 Å². The van der Waals surface area contributed by atoms with E-state index in [2.05, 4.69) is 10.6 Å². The number of nitrogens with zero attached hydrogens (tertiary/aromatic N) is 1. The SMILES string of the molecule is CCCC(=O)N(C)c1ccc(N/C(C)=C2\C(=O)Nc3ccc(N)cc32)cc1. The molecule has 2 amide bonds. The number of anilines is 4. The second kappa shape index (κ2) is 7.53. The Morgan fingerprint density at radius 1 is 1.19 bits per heavy atom. The summed E-state index contributed by atoms with van der Waals surface area (Å²) < 4.78 is 0. The Bertz CT molecular complexity index is 916. The quantitative estimate of drug-likeness (QED) is 0.556. The van der Waals surface area contributed by atoms with Gasteiger partial charge >= 0.3 is 0 Å². The Hall–Kier alpha value is -3.28. The summed E-state index contributed by atoms with van der Waals surface area (Å²) in [5.41, 5.74) is 11.0. The van der Waals surface area contributed by atoms with Crippen LogP contribution in [-0.2, 0) is 9.59 Å². The van der Waals surface area contributed by atoms with E-state index in [-0.39, 0.29) is 11.8 Å². The Labute approximate surface area is 159 Å². The van der Waals surface area contributed by atoms with E-state index in [9.17, 15) is 9.59 Å². The molecule has 0 radical (unpaired) electrons. The molecule has 140 valence electrons. The van der Waals surface area contributed by atoms with E-state index in [1.54, 1.807) is 30.1 Å². The van der Waals surface area contributed by atoms with E-state index in [0.717, 1.165) is 34.7 Å². The first-order valence-corrected chi connectivity index (χ1v) is 8.96. The summed E-state index contributed by atoms with van der Waals surface area (Å²) in [6.45, 7) is 3.85. The number of amides is 2. The number of hydrogen-bond donors (Lipinski definition) is 3. The molecule has 0 atom stereocenters. The molecule has 3 rings (SSSR count). The van der Waals surface area contributed by atoms with Crippen LogP contribution < -0.4 is 21.3 Å². The predicted octanol–water partition coefficient (Wildman–Crippen LogP) is 3.83. The zero-order valence-corrected chi connectivity index (χ0v) is 15.8. The zero-order chi connectivity index (χ0) is 19.6. The van der Waals surface area contributed by atoms with E-state index in [4.69, 9.17) is 5.73 Å². The monoisotopic (exact) mass is 364 g/mol. The van der Waals surface area contributed by atoms with Gasteiger partial charge in [0.05, 0.1) is 5.57 Å². The number of fused-ring (bicyclic) bond motifs is 1. The lowest BCUT2D eigenvalue weighted by molar-refractivity contribution is -0.118. The van der Waals surface area contributed by atoms with Gasteiger partial charge in [-0.15, -0.1) is 0 Å². The molecule has 0 unspecified atom stereocenters. The predicted molar refractivity (Wildman–Crippen MR) is 110 cm³/mol. The van der Waals surface area contributed by atoms with Crippen molar-refractivity contribution in [3.8, 4) is 0 Å². The van der Waals surface area contributed by atoms with Gasteiger partial charge in [-0.05, 0) is 55.8 Å². The van der Waals surface area contributed by atoms with Crippen LogP contribution in [-0.4, -0.2) is 18.9 Å². The number of rotatable bonds is 5. The number of nitrogen functional groups attached to an aromatic ring is 1. The van der Waals surface area contributed by atoms with Crippen molar-refractivity contribution in [3.63, 3.8) is 0 Å². The maximum absolute atomic E-state index is 12.4. The van der Waals surface area contributed by atoms with Crippen LogP contribution in [0.1, 0.15) is 32.3 Å². The Balaban J connectivity index is 1.82. The van der Waals surface area contributed by atoms with Crippen LogP contribution >= 0.6 is 0 Å². The molecule has 0 saturated carbocycles. The van der Waals surface area contributed by atoms with Gasteiger partial charge in [-0.1, -0.05) is 6.92 Å². The lowest BCUT2D eigenvalue weighted by Gasteiger charge is -2.18. The summed E-state index contributed by atoms with van der Waals surface area (Å²) >= 11 is 0. The topological polar surface area (TPSA) is 87.5 Å². The van der Waals surface area contributed by atoms with Gasteiger partial charge in [0.2, 0.25) is 5.91 Å². The summed E-state index contributed by atoms with van der Waals surface area (Å²) in [7, 11) is 1.78. The normalized spacial score (nSPS) is 14.4. The number of nitrogens with one attached hydrogen (secondary N) is 2. The van der Waals surface area contributed by atoms with Crippen LogP contribution in [0.15, 0.2) is 48.2 Å². The summed E-state index contributed by atoms with van der Waals surface area (Å²) in [6.07, 6.45) is 1.35. The molecule has 6 heteroatoms. The van der Waals surface area contributed by atoms with Crippen molar-refractivity contribution in [3.05, 3.63) is 53.7 Å². The fraction of sp³-hybridized carbons (Fsp3) is 0.238. The lowest BCUT2D eigenvalue weighted by atomic mass is 10.0. The molecule has 2 aromatic rings. The van der Waals surface area contributed by atoms with Gasteiger partial charge in [0.1, 0.15) is 0 Å². The van der Waals surface area contributed by atoms with E-state index in [1.165, 1.54) is 0 Å². The number of allylic oxidation sites excluding steroid dienone is 1. The van der Waals surface area contributed by atoms with Gasteiger partial charge in [0, 0.05) is 47.5 Å². The van der Waals surface area contributed by atoms with Crippen molar-refractivity contribution in [2.75, 3.05) is 28.3 Å². The maximum Gasteiger partial charge on any atom is 0.258 e. The average Bonchev–Trinajstić information content (AvgIpc) is 2.97. The van der Waals surface area contributed by atoms with Crippen molar-refractivity contribution in [1.82, 2.24) is 0 Å². The van der Waals surface area contributed by atoms with Gasteiger partial charge in [-0.25, -0.2) is 0 Å². The molecule has 0 aromatic heterocycles. The minimum atomic E-state index is -0.151. The first-order chi connectivity index (χ1) is 12.9. The summed E-state index contributed by atoms with van der Waals surface area (Å²) in [5, 5.41) is 6.12. The fourth-order valence-electron chi connectivity index (χ4n) is 3.13. The van der Waals surface area contributed by atoms with Crippen molar-refractivity contribution in [2.24, 2.45) is 0 Å². The summed E-state index contributed by atoms with van der Waals surface area (Å²) in [4.78, 5) is 26.0. The highest BCUT2D eigenvalue weighted by molar-refractivity contribution is 6.32. The van der Waals surface area contributed by atoms with E-state index >= 15 is 0 Å². The Morgan fingerprint density at radius 2 is 1.89 bits per heavy atom. The number of nitrogens with two attached hydrogens (primary N) is 1. The summed E-state index contributed by atoms with van der Waals surface area (Å²) in [5.74, 6) is -0.0598. The van der Waals surface area contributed by atoms with Gasteiger partial charge in [-0.2, -0.15) is 0 Å². The molecule has 1 heterocycles. The van der Waals surface area contributed by atoms with Crippen molar-refractivity contribution in [2.45, 2.75) is 26.7 Å². The Kier molecular flexibility index (Phi) is 5.16. The third-order valence-electron chi connectivity index (χ3n) is 4.59. The highest BCUT2D eigenvalue weighted by Gasteiger charge is 2.26. The third-order valence-corrected chi connectivity index (χ3v) is 4.59. The lowest BCUT2D eigenvalue weighted by Crippen LogP contribution is -2.25. The molecule has 2 aromatic carbocycles. The van der Waals surface area contributed by atoms with Crippen LogP contribution in [0.2, 0.25) is 0 Å². The molecular weight excluding hydrogens is 340 g/mol. The second-order valence-corrected chi connectivity index (χ2v) is 6.63. The molecule has 1 aliphatic heterocycles. The third kappa shape index (κ3) is 3.79. The minimum Gasteiger partial charge on any atom is -0.399 e. The van der Waals surface area contributed by atoms with E-state index in [0.29, 0.717) is 17.7 Å². The van der Waals surface area contributed by atoms with Crippen LogP contribution in [0.3, 0.4) is 0 Å². The molecule has 0 spiro atoms. The smallest absolute Gasteiger partial charge is 0.258 e. The van der Waals surface area contributed by atoms with Crippen LogP contribution in [0.4, 0.5) is 22.7 Å². The highest BCUT2D eigenvalue weighted by Crippen LogP contribution is 2.35. The zero-order valence-electron chi connectivity index (χ0n) is 15.8. The van der Waals surface area contributed by atoms with Gasteiger partial charge in [0.25, 0.3) is 5.91 Å². The molecule has 0 fully saturated rings. The summed E-state index contributed by atoms with van der Waals surface area (Å²) in [6, 6.07) is 12.9. The number of carbonyl (C=O) groups excluding carboxylic acids is 2. The molecule has 0 aliphatic carbocycles. The standard InChI is InChI=1S/C21H24N4O2/c1-4-5-19(26)25(3)16-9-7-15(8-10-16)23-13(2)20-17-12-14(22)6-11-18(17)24-21(20)27/h6-12,23H,4-5,22H2,1-3H3,(H,24,27)/b20-13-. The molecular formula is C21H24N4O2. The van der Waals surface area contributed by atoms with Crippen molar-refractivity contribution >= 4 is 40.1 Å². The molecule has 0 saturated heterocycles. The van der Waals surface area contributed by atoms with Crippen LogP contribution in [0.25, 0.3) is 5.57 Å². The van der Waals surface area contributed by atoms with Crippen LogP contribution in [0.5, 0.6) is 0 Å². The minimum absolute atomic E-state index is 0.0910. The molecule has 6 nitrogen and oxygen atoms in total. The van der Waals surface area contributed by atoms with E-state index < -0.39 is 0 Å². The van der Waals surface area contributed by atoms with Crippen LogP contribution in [0, 0.1) is 0 Å². The highest BCUT2D eigenvalue weighted by atomic mass is 16.2. The average molecular weight is 364 g/mol. The number of carbonyl (C=O) groups is 2. The van der Waals surface area contributed by atoms with E-state index in [1.807, 2.05) is 38.1 Å². The van der Waals surface area contributed by atoms with Crippen molar-refractivity contribution in [1.29, 1.82) is 0 Å². The van der Waals surface area contributed by atoms with Gasteiger partial charge in [-0.3, -0.25) is 9.59 Å². The molecule has 1 aliphatic rings. The first kappa shape index (κ1) is 18.5. The number of hydrogen-bond acceptors (Lipinski definition) is 4. The fourth-order valence-corrected chi connectivity index (χ4v) is 3.13. The second-order valence-electron chi connectivity index (χ2n) is 6.63. The molecule has 27 heavy (non-hydrogen) atoms. The molecule has 4 N–H and O–H groups in total. The molecule has 0 bridgehead atoms. The van der Waals surface area contributed by atoms with Gasteiger partial charge in [0.15, 0.2) is 0 Å². The Morgan fingerprint density at radius 3 is 2.56 bits per heavy atom. The maximum atomic E-state index is 12.4. The largest absolute Gasteiger partial charge is 0.399 e. The van der Waals surface area contributed by atoms with Crippen molar-refractivity contribution < 1.29 is 9.59 Å². The first-order valence-electron chi connectivity index (χ1n) is 8.96. The number of benzene rings is 2.